The zero-order valence-corrected chi connectivity index (χ0v) is 13.3. The lowest BCUT2D eigenvalue weighted by Gasteiger charge is -2.31. The number of nitrogens with one attached hydrogen (secondary N) is 1. The Morgan fingerprint density at radius 1 is 1.57 bits per heavy atom. The molecular formula is C15H22ClN3O2. The number of hydrogen-bond donors (Lipinski definition) is 1. The number of anilines is 1. The van der Waals surface area contributed by atoms with E-state index in [-0.39, 0.29) is 12.0 Å². The van der Waals surface area contributed by atoms with Gasteiger partial charge < -0.3 is 15.0 Å². The minimum absolute atomic E-state index is 0.0999. The number of nitrogens with zero attached hydrogens (tertiary/aromatic N) is 2. The summed E-state index contributed by atoms with van der Waals surface area (Å²) in [7, 11) is 1.68. The zero-order valence-electron chi connectivity index (χ0n) is 12.6. The molecule has 1 N–H and O–H groups in total. The number of carbonyl (C=O) groups excluding carboxylic acids is 1. The van der Waals surface area contributed by atoms with E-state index >= 15 is 0 Å². The molecule has 0 spiro atoms. The summed E-state index contributed by atoms with van der Waals surface area (Å²) in [4.78, 5) is 18.7. The molecule has 1 aromatic rings. The molecule has 1 amide bonds. The maximum absolute atomic E-state index is 12.6. The first-order valence-electron chi connectivity index (χ1n) is 7.38. The van der Waals surface area contributed by atoms with E-state index in [0.29, 0.717) is 23.1 Å². The number of carbonyl (C=O) groups is 1. The molecular weight excluding hydrogens is 290 g/mol. The van der Waals surface area contributed by atoms with Gasteiger partial charge >= 0.3 is 0 Å². The third-order valence-corrected chi connectivity index (χ3v) is 3.91. The summed E-state index contributed by atoms with van der Waals surface area (Å²) in [5.74, 6) is 0.562. The monoisotopic (exact) mass is 311 g/mol. The topological polar surface area (TPSA) is 54.5 Å². The van der Waals surface area contributed by atoms with Crippen LogP contribution in [0, 0.1) is 0 Å². The van der Waals surface area contributed by atoms with Gasteiger partial charge in [0.15, 0.2) is 0 Å². The van der Waals surface area contributed by atoms with Crippen LogP contribution in [0.5, 0.6) is 0 Å². The van der Waals surface area contributed by atoms with Gasteiger partial charge in [0.1, 0.15) is 11.5 Å². The number of rotatable bonds is 5. The standard InChI is InChI=1S/C15H22ClN3O2/c1-3-8-17-13-7-6-12(16)14(18-13)15(20)19-9-4-5-11(10-19)21-2/h6-7,11H,3-5,8-10H2,1-2H3,(H,17,18). The van der Waals surface area contributed by atoms with Gasteiger partial charge in [-0.15, -0.1) is 0 Å². The van der Waals surface area contributed by atoms with Crippen molar-refractivity contribution in [1.29, 1.82) is 0 Å². The fourth-order valence-electron chi connectivity index (χ4n) is 2.41. The van der Waals surface area contributed by atoms with Crippen LogP contribution in [0.4, 0.5) is 5.82 Å². The summed E-state index contributed by atoms with van der Waals surface area (Å²) in [5, 5.41) is 3.56. The average molecular weight is 312 g/mol. The molecule has 21 heavy (non-hydrogen) atoms. The van der Waals surface area contributed by atoms with Gasteiger partial charge in [-0.05, 0) is 31.4 Å². The number of pyridine rings is 1. The van der Waals surface area contributed by atoms with Gasteiger partial charge in [0.05, 0.1) is 11.1 Å². The second-order valence-electron chi connectivity index (χ2n) is 5.20. The molecule has 2 rings (SSSR count). The largest absolute Gasteiger partial charge is 0.380 e. The molecule has 1 aromatic heterocycles. The Kier molecular flexibility index (Phi) is 5.82. The molecule has 0 saturated carbocycles. The molecule has 0 radical (unpaired) electrons. The summed E-state index contributed by atoms with van der Waals surface area (Å²) in [5.41, 5.74) is 0.314. The van der Waals surface area contributed by atoms with Crippen molar-refractivity contribution in [3.05, 3.63) is 22.8 Å². The Bertz CT molecular complexity index is 496. The SMILES string of the molecule is CCCNc1ccc(Cl)c(C(=O)N2CCCC(OC)C2)n1. The normalized spacial score (nSPS) is 18.6. The van der Waals surface area contributed by atoms with Crippen LogP contribution < -0.4 is 5.32 Å². The highest BCUT2D eigenvalue weighted by Gasteiger charge is 2.26. The van der Waals surface area contributed by atoms with Crippen molar-refractivity contribution in [2.45, 2.75) is 32.3 Å². The van der Waals surface area contributed by atoms with Crippen molar-refractivity contribution in [2.75, 3.05) is 32.1 Å². The Labute approximate surface area is 130 Å². The minimum atomic E-state index is -0.123. The first kappa shape index (κ1) is 16.0. The van der Waals surface area contributed by atoms with Crippen molar-refractivity contribution in [3.8, 4) is 0 Å². The van der Waals surface area contributed by atoms with Gasteiger partial charge in [-0.1, -0.05) is 18.5 Å². The molecule has 1 aliphatic heterocycles. The van der Waals surface area contributed by atoms with Crippen LogP contribution in [0.25, 0.3) is 0 Å². The number of aromatic nitrogens is 1. The summed E-state index contributed by atoms with van der Waals surface area (Å²) >= 11 is 6.15. The molecule has 0 aliphatic carbocycles. The van der Waals surface area contributed by atoms with E-state index < -0.39 is 0 Å². The van der Waals surface area contributed by atoms with Crippen LogP contribution in [0.15, 0.2) is 12.1 Å². The lowest BCUT2D eigenvalue weighted by Crippen LogP contribution is -2.43. The van der Waals surface area contributed by atoms with E-state index in [4.69, 9.17) is 16.3 Å². The molecule has 2 heterocycles. The van der Waals surface area contributed by atoms with Crippen LogP contribution in [-0.4, -0.2) is 48.6 Å². The van der Waals surface area contributed by atoms with Crippen LogP contribution in [0.1, 0.15) is 36.7 Å². The van der Waals surface area contributed by atoms with E-state index in [2.05, 4.69) is 17.2 Å². The van der Waals surface area contributed by atoms with Crippen molar-refractivity contribution in [2.24, 2.45) is 0 Å². The number of ether oxygens (including phenoxy) is 1. The summed E-state index contributed by atoms with van der Waals surface area (Å²) in [6.45, 7) is 4.22. The Morgan fingerprint density at radius 3 is 3.10 bits per heavy atom. The maximum Gasteiger partial charge on any atom is 0.274 e. The number of methoxy groups -OCH3 is 1. The molecule has 1 atom stereocenters. The quantitative estimate of drug-likeness (QED) is 0.908. The predicted molar refractivity (Wildman–Crippen MR) is 84.0 cm³/mol. The Morgan fingerprint density at radius 2 is 2.38 bits per heavy atom. The van der Waals surface area contributed by atoms with Crippen LogP contribution >= 0.6 is 11.6 Å². The molecule has 6 heteroatoms. The predicted octanol–water partition coefficient (Wildman–Crippen LogP) is 2.81. The number of halogens is 1. The number of hydrogen-bond acceptors (Lipinski definition) is 4. The van der Waals surface area contributed by atoms with Gasteiger partial charge in [0.25, 0.3) is 5.91 Å². The molecule has 1 aliphatic rings. The van der Waals surface area contributed by atoms with Crippen LogP contribution in [0.2, 0.25) is 5.02 Å². The third-order valence-electron chi connectivity index (χ3n) is 3.60. The van der Waals surface area contributed by atoms with Gasteiger partial charge in [-0.2, -0.15) is 0 Å². The summed E-state index contributed by atoms with van der Waals surface area (Å²) in [6.07, 6.45) is 3.02. The molecule has 116 valence electrons. The highest BCUT2D eigenvalue weighted by atomic mass is 35.5. The van der Waals surface area contributed by atoms with E-state index in [9.17, 15) is 4.79 Å². The van der Waals surface area contributed by atoms with Crippen LogP contribution in [0.3, 0.4) is 0 Å². The second kappa shape index (κ2) is 7.61. The molecule has 0 bridgehead atoms. The fourth-order valence-corrected chi connectivity index (χ4v) is 2.59. The number of amides is 1. The minimum Gasteiger partial charge on any atom is -0.380 e. The molecule has 1 saturated heterocycles. The first-order chi connectivity index (χ1) is 10.2. The van der Waals surface area contributed by atoms with E-state index in [1.54, 1.807) is 24.1 Å². The summed E-state index contributed by atoms with van der Waals surface area (Å²) < 4.78 is 5.35. The van der Waals surface area contributed by atoms with E-state index in [1.165, 1.54) is 0 Å². The lowest BCUT2D eigenvalue weighted by molar-refractivity contribution is 0.0266. The van der Waals surface area contributed by atoms with Gasteiger partial charge in [-0.3, -0.25) is 4.79 Å². The molecule has 1 unspecified atom stereocenters. The maximum atomic E-state index is 12.6. The highest BCUT2D eigenvalue weighted by molar-refractivity contribution is 6.33. The lowest BCUT2D eigenvalue weighted by atomic mass is 10.1. The van der Waals surface area contributed by atoms with Crippen LogP contribution in [-0.2, 0) is 4.74 Å². The third kappa shape index (κ3) is 4.08. The number of piperidine rings is 1. The van der Waals surface area contributed by atoms with Gasteiger partial charge in [-0.25, -0.2) is 4.98 Å². The number of likely N-dealkylation sites (tertiary alicyclic amines) is 1. The van der Waals surface area contributed by atoms with Crippen molar-refractivity contribution < 1.29 is 9.53 Å². The van der Waals surface area contributed by atoms with Gasteiger partial charge in [0.2, 0.25) is 0 Å². The van der Waals surface area contributed by atoms with Crippen molar-refractivity contribution >= 4 is 23.3 Å². The van der Waals surface area contributed by atoms with E-state index in [0.717, 1.165) is 32.4 Å². The second-order valence-corrected chi connectivity index (χ2v) is 5.61. The smallest absolute Gasteiger partial charge is 0.274 e. The zero-order chi connectivity index (χ0) is 15.2. The van der Waals surface area contributed by atoms with Gasteiger partial charge in [0, 0.05) is 26.7 Å². The first-order valence-corrected chi connectivity index (χ1v) is 7.76. The van der Waals surface area contributed by atoms with Crippen molar-refractivity contribution in [1.82, 2.24) is 9.88 Å². The highest BCUT2D eigenvalue weighted by Crippen LogP contribution is 2.21. The fraction of sp³-hybridized carbons (Fsp3) is 0.600. The molecule has 5 nitrogen and oxygen atoms in total. The Balaban J connectivity index is 2.13. The Hall–Kier alpha value is -1.33. The van der Waals surface area contributed by atoms with E-state index in [1.807, 2.05) is 0 Å². The summed E-state index contributed by atoms with van der Waals surface area (Å²) in [6, 6.07) is 3.51. The average Bonchev–Trinajstić information content (AvgIpc) is 2.53. The van der Waals surface area contributed by atoms with Crippen molar-refractivity contribution in [3.63, 3.8) is 0 Å². The molecule has 1 fully saturated rings. The molecule has 0 aromatic carbocycles.